The number of hydrogen-bond donors (Lipinski definition) is 3. The Morgan fingerprint density at radius 3 is 1.94 bits per heavy atom. The van der Waals surface area contributed by atoms with Gasteiger partial charge in [0.05, 0.1) is 18.7 Å². The van der Waals surface area contributed by atoms with Crippen LogP contribution >= 0.6 is 0 Å². The molecule has 47 heavy (non-hydrogen) atoms. The van der Waals surface area contributed by atoms with Crippen molar-refractivity contribution in [1.82, 2.24) is 5.32 Å². The topological polar surface area (TPSA) is 149 Å². The Balaban J connectivity index is 1.51. The molecule has 3 N–H and O–H groups in total. The average Bonchev–Trinajstić information content (AvgIpc) is 3.08. The summed E-state index contributed by atoms with van der Waals surface area (Å²) in [5, 5.41) is 14.1. The number of carboxylic acids is 1. The number of likely N-dealkylation sites (N-methyl/N-ethyl adjacent to an activating group) is 2. The highest BCUT2D eigenvalue weighted by molar-refractivity contribution is 6.06. The van der Waals surface area contributed by atoms with Crippen LogP contribution in [0.2, 0.25) is 0 Å². The molecule has 4 rings (SSSR count). The molecule has 0 heterocycles. The van der Waals surface area contributed by atoms with Gasteiger partial charge in [0.1, 0.15) is 12.3 Å². The fourth-order valence-corrected chi connectivity index (χ4v) is 4.54. The molecule has 5 amide bonds. The molecule has 0 spiro atoms. The van der Waals surface area contributed by atoms with Crippen LogP contribution in [-0.2, 0) is 25.6 Å². The number of nitrogens with one attached hydrogen (secondary N) is 2. The lowest BCUT2D eigenvalue weighted by atomic mass is 10.1. The van der Waals surface area contributed by atoms with E-state index < -0.39 is 36.9 Å². The van der Waals surface area contributed by atoms with Crippen molar-refractivity contribution < 1.29 is 33.8 Å². The highest BCUT2D eigenvalue weighted by Crippen LogP contribution is 2.29. The lowest BCUT2D eigenvalue weighted by Crippen LogP contribution is -2.46. The molecule has 0 unspecified atom stereocenters. The Hall–Kier alpha value is -6.17. The molecule has 0 bridgehead atoms. The summed E-state index contributed by atoms with van der Waals surface area (Å²) in [5.74, 6) is -2.21. The van der Waals surface area contributed by atoms with Gasteiger partial charge >= 0.3 is 12.0 Å². The Morgan fingerprint density at radius 1 is 0.702 bits per heavy atom. The van der Waals surface area contributed by atoms with Gasteiger partial charge < -0.3 is 30.3 Å². The summed E-state index contributed by atoms with van der Waals surface area (Å²) in [6, 6.07) is 30.1. The monoisotopic (exact) mass is 637 g/mol. The molecule has 0 aromatic heterocycles. The van der Waals surface area contributed by atoms with Crippen molar-refractivity contribution in [2.75, 3.05) is 53.8 Å². The summed E-state index contributed by atoms with van der Waals surface area (Å²) in [4.78, 5) is 67.8. The van der Waals surface area contributed by atoms with Crippen LogP contribution in [0.5, 0.6) is 5.75 Å². The molecule has 0 atom stereocenters. The fourth-order valence-electron chi connectivity index (χ4n) is 4.54. The van der Waals surface area contributed by atoms with Gasteiger partial charge in [-0.1, -0.05) is 60.7 Å². The largest absolute Gasteiger partial charge is 0.482 e. The van der Waals surface area contributed by atoms with Crippen LogP contribution in [0.1, 0.15) is 5.56 Å². The zero-order valence-corrected chi connectivity index (χ0v) is 26.0. The van der Waals surface area contributed by atoms with Gasteiger partial charge in [-0.05, 0) is 54.1 Å². The van der Waals surface area contributed by atoms with Gasteiger partial charge in [0.15, 0.2) is 6.61 Å². The van der Waals surface area contributed by atoms with E-state index in [0.29, 0.717) is 22.6 Å². The highest BCUT2D eigenvalue weighted by atomic mass is 16.5. The number of urea groups is 1. The summed E-state index contributed by atoms with van der Waals surface area (Å²) in [7, 11) is 3.21. The molecule has 0 aliphatic carbocycles. The number of amides is 5. The zero-order valence-electron chi connectivity index (χ0n) is 26.0. The predicted molar refractivity (Wildman–Crippen MR) is 179 cm³/mol. The number of aliphatic carboxylic acids is 1. The van der Waals surface area contributed by atoms with E-state index in [2.05, 4.69) is 10.6 Å². The van der Waals surface area contributed by atoms with Crippen molar-refractivity contribution in [3.63, 3.8) is 0 Å². The first-order chi connectivity index (χ1) is 22.6. The van der Waals surface area contributed by atoms with E-state index in [1.54, 1.807) is 93.0 Å². The van der Waals surface area contributed by atoms with E-state index in [4.69, 9.17) is 9.84 Å². The number of para-hydroxylation sites is 4. The van der Waals surface area contributed by atoms with Crippen molar-refractivity contribution in [3.05, 3.63) is 115 Å². The first-order valence-corrected chi connectivity index (χ1v) is 14.6. The first-order valence-electron chi connectivity index (χ1n) is 14.6. The zero-order chi connectivity index (χ0) is 33.8. The van der Waals surface area contributed by atoms with Crippen molar-refractivity contribution in [3.8, 4) is 5.75 Å². The average molecular weight is 638 g/mol. The molecule has 12 nitrogen and oxygen atoms in total. The summed E-state index contributed by atoms with van der Waals surface area (Å²) in [6.07, 6.45) is -0.217. The number of carbonyl (C=O) groups is 5. The van der Waals surface area contributed by atoms with Crippen LogP contribution < -0.4 is 30.1 Å². The van der Waals surface area contributed by atoms with Gasteiger partial charge in [-0.15, -0.1) is 0 Å². The number of carboxylic acid groups (broad SMARTS) is 1. The predicted octanol–water partition coefficient (Wildman–Crippen LogP) is 4.17. The number of carbonyl (C=O) groups excluding carboxylic acids is 4. The lowest BCUT2D eigenvalue weighted by Gasteiger charge is -2.27. The Bertz CT molecular complexity index is 1720. The quantitative estimate of drug-likeness (QED) is 0.199. The summed E-state index contributed by atoms with van der Waals surface area (Å²) >= 11 is 0. The van der Waals surface area contributed by atoms with E-state index >= 15 is 0 Å². The number of ether oxygens (including phenoxy) is 1. The second kappa shape index (κ2) is 16.2. The molecular formula is C35H35N5O7. The minimum atomic E-state index is -1.01. The maximum atomic E-state index is 13.7. The molecule has 0 aliphatic heterocycles. The lowest BCUT2D eigenvalue weighted by molar-refractivity contribution is -0.136. The molecule has 0 saturated heterocycles. The SMILES string of the molecule is CN(C(=O)COc1ccccc1N(CC(=O)N(C)c1ccccc1)C(=O)CNC(=O)Nc1cccc(CC(=O)O)c1)c1ccccc1. The number of benzene rings is 4. The van der Waals surface area contributed by atoms with Crippen LogP contribution in [0.4, 0.5) is 27.5 Å². The summed E-state index contributed by atoms with van der Waals surface area (Å²) in [5.41, 5.74) is 2.36. The second-order valence-electron chi connectivity index (χ2n) is 10.4. The van der Waals surface area contributed by atoms with E-state index in [0.717, 1.165) is 0 Å². The van der Waals surface area contributed by atoms with Crippen LogP contribution in [0.25, 0.3) is 0 Å². The van der Waals surface area contributed by atoms with Gasteiger partial charge in [0, 0.05) is 31.2 Å². The van der Waals surface area contributed by atoms with Crippen molar-refractivity contribution in [2.45, 2.75) is 6.42 Å². The third-order valence-electron chi connectivity index (χ3n) is 7.08. The van der Waals surface area contributed by atoms with Gasteiger partial charge in [-0.2, -0.15) is 0 Å². The normalized spacial score (nSPS) is 10.3. The fraction of sp³-hybridized carbons (Fsp3) is 0.171. The first kappa shape index (κ1) is 33.7. The number of rotatable bonds is 13. The highest BCUT2D eigenvalue weighted by Gasteiger charge is 2.25. The van der Waals surface area contributed by atoms with Crippen molar-refractivity contribution in [2.24, 2.45) is 0 Å². The van der Waals surface area contributed by atoms with E-state index in [1.165, 1.54) is 20.8 Å². The number of anilines is 4. The van der Waals surface area contributed by atoms with Gasteiger partial charge in [0.2, 0.25) is 11.8 Å². The molecule has 242 valence electrons. The maximum Gasteiger partial charge on any atom is 0.319 e. The third-order valence-corrected chi connectivity index (χ3v) is 7.08. The Kier molecular flexibility index (Phi) is 11.6. The van der Waals surface area contributed by atoms with Crippen molar-refractivity contribution >= 4 is 52.5 Å². The Morgan fingerprint density at radius 2 is 1.30 bits per heavy atom. The Labute approximate surface area is 272 Å². The summed E-state index contributed by atoms with van der Waals surface area (Å²) < 4.78 is 5.89. The second-order valence-corrected chi connectivity index (χ2v) is 10.4. The molecular weight excluding hydrogens is 602 g/mol. The minimum Gasteiger partial charge on any atom is -0.482 e. The third kappa shape index (κ3) is 9.66. The standard InChI is InChI=1S/C35H35N5O7/c1-38(27-14-5-3-6-15-27)32(42)23-40(31(41)22-36-35(46)37-26-13-11-12-25(20-26)21-34(44)45)29-18-9-10-19-30(29)47-24-33(43)39(2)28-16-7-4-8-17-28/h3-20H,21-24H2,1-2H3,(H,44,45)(H2,36,37,46). The molecule has 12 heteroatoms. The van der Waals surface area contributed by atoms with Crippen LogP contribution in [0.3, 0.4) is 0 Å². The summed E-state index contributed by atoms with van der Waals surface area (Å²) in [6.45, 7) is -1.24. The molecule has 0 aliphatic rings. The molecule has 0 radical (unpaired) electrons. The van der Waals surface area contributed by atoms with E-state index in [1.807, 2.05) is 24.3 Å². The van der Waals surface area contributed by atoms with Gasteiger partial charge in [-0.25, -0.2) is 4.79 Å². The maximum absolute atomic E-state index is 13.7. The molecule has 0 saturated carbocycles. The molecule has 4 aromatic rings. The van der Waals surface area contributed by atoms with Gasteiger partial charge in [-0.3, -0.25) is 24.1 Å². The molecule has 4 aromatic carbocycles. The van der Waals surface area contributed by atoms with Gasteiger partial charge in [0.25, 0.3) is 5.91 Å². The van der Waals surface area contributed by atoms with Crippen molar-refractivity contribution in [1.29, 1.82) is 0 Å². The van der Waals surface area contributed by atoms with Crippen LogP contribution in [0.15, 0.2) is 109 Å². The van der Waals surface area contributed by atoms with Crippen LogP contribution in [0, 0.1) is 0 Å². The van der Waals surface area contributed by atoms with Crippen LogP contribution in [-0.4, -0.2) is 68.6 Å². The number of hydrogen-bond acceptors (Lipinski definition) is 6. The van der Waals surface area contributed by atoms with E-state index in [9.17, 15) is 24.0 Å². The minimum absolute atomic E-state index is 0.186. The smallest absolute Gasteiger partial charge is 0.319 e. The van der Waals surface area contributed by atoms with E-state index in [-0.39, 0.29) is 30.4 Å². The molecule has 0 fully saturated rings. The number of nitrogens with zero attached hydrogens (tertiary/aromatic N) is 3.